The molecule has 1 aromatic rings. The lowest BCUT2D eigenvalue weighted by Gasteiger charge is -2.23. The fourth-order valence-electron chi connectivity index (χ4n) is 1.97. The van der Waals surface area contributed by atoms with Crippen molar-refractivity contribution >= 4 is 5.91 Å². The first kappa shape index (κ1) is 16.3. The average molecular weight is 279 g/mol. The molecule has 1 amide bonds. The van der Waals surface area contributed by atoms with Crippen LogP contribution in [-0.4, -0.2) is 37.6 Å². The molecule has 20 heavy (non-hydrogen) atoms. The number of nitrogens with zero attached hydrogens (tertiary/aromatic N) is 1. The second kappa shape index (κ2) is 7.78. The van der Waals surface area contributed by atoms with Gasteiger partial charge in [0, 0.05) is 13.1 Å². The minimum Gasteiger partial charge on any atom is -0.493 e. The summed E-state index contributed by atoms with van der Waals surface area (Å²) in [5.41, 5.74) is 1.09. The zero-order chi connectivity index (χ0) is 15.1. The van der Waals surface area contributed by atoms with Crippen molar-refractivity contribution in [1.29, 1.82) is 0 Å². The first-order chi connectivity index (χ1) is 9.47. The zero-order valence-electron chi connectivity index (χ0n) is 13.1. The molecule has 0 unspecified atom stereocenters. The van der Waals surface area contributed by atoms with Crippen LogP contribution < -0.4 is 9.47 Å². The largest absolute Gasteiger partial charge is 0.493 e. The highest BCUT2D eigenvalue weighted by molar-refractivity contribution is 5.77. The lowest BCUT2D eigenvalue weighted by molar-refractivity contribution is -0.133. The van der Waals surface area contributed by atoms with Crippen LogP contribution in [0.2, 0.25) is 0 Å². The number of likely N-dealkylation sites (N-methyl/N-ethyl adjacent to an activating group) is 1. The predicted octanol–water partition coefficient (Wildman–Crippen LogP) is 2.89. The molecule has 0 aliphatic rings. The van der Waals surface area contributed by atoms with Crippen molar-refractivity contribution < 1.29 is 14.3 Å². The number of carbonyl (C=O) groups is 1. The first-order valence-electron chi connectivity index (χ1n) is 7.03. The van der Waals surface area contributed by atoms with E-state index in [1.807, 2.05) is 36.9 Å². The van der Waals surface area contributed by atoms with E-state index in [-0.39, 0.29) is 12.5 Å². The second-order valence-electron chi connectivity index (χ2n) is 5.27. The van der Waals surface area contributed by atoms with Crippen LogP contribution in [-0.2, 0) is 4.79 Å². The summed E-state index contributed by atoms with van der Waals surface area (Å²) in [6.07, 6.45) is 0. The zero-order valence-corrected chi connectivity index (χ0v) is 13.1. The van der Waals surface area contributed by atoms with E-state index in [0.717, 1.165) is 12.1 Å². The Morgan fingerprint density at radius 1 is 1.30 bits per heavy atom. The Labute approximate surface area is 121 Å². The summed E-state index contributed by atoms with van der Waals surface area (Å²) in [7, 11) is 1.60. The molecule has 0 heterocycles. The molecular weight excluding hydrogens is 254 g/mol. The van der Waals surface area contributed by atoms with E-state index in [0.29, 0.717) is 24.0 Å². The van der Waals surface area contributed by atoms with E-state index in [4.69, 9.17) is 9.47 Å². The standard InChI is InChI=1S/C16H25NO3/c1-6-17(10-12(2)3)16(18)11-20-14-8-7-13(4)9-15(14)19-5/h7-9,12H,6,10-11H2,1-5H3. The molecule has 0 saturated heterocycles. The molecule has 4 heteroatoms. The highest BCUT2D eigenvalue weighted by Crippen LogP contribution is 2.27. The van der Waals surface area contributed by atoms with Crippen LogP contribution in [0.3, 0.4) is 0 Å². The summed E-state index contributed by atoms with van der Waals surface area (Å²) in [4.78, 5) is 13.9. The number of aryl methyl sites for hydroxylation is 1. The van der Waals surface area contributed by atoms with E-state index in [9.17, 15) is 4.79 Å². The van der Waals surface area contributed by atoms with Gasteiger partial charge in [0.1, 0.15) is 0 Å². The predicted molar refractivity (Wildman–Crippen MR) is 80.3 cm³/mol. The lowest BCUT2D eigenvalue weighted by atomic mass is 10.2. The van der Waals surface area contributed by atoms with Gasteiger partial charge < -0.3 is 14.4 Å². The molecule has 0 radical (unpaired) electrons. The fourth-order valence-corrected chi connectivity index (χ4v) is 1.97. The van der Waals surface area contributed by atoms with Gasteiger partial charge in [-0.15, -0.1) is 0 Å². The monoisotopic (exact) mass is 279 g/mol. The number of amides is 1. The Hall–Kier alpha value is -1.71. The number of ether oxygens (including phenoxy) is 2. The normalized spacial score (nSPS) is 10.5. The fraction of sp³-hybridized carbons (Fsp3) is 0.562. The number of methoxy groups -OCH3 is 1. The maximum absolute atomic E-state index is 12.1. The smallest absolute Gasteiger partial charge is 0.260 e. The van der Waals surface area contributed by atoms with Crippen LogP contribution >= 0.6 is 0 Å². The maximum atomic E-state index is 12.1. The SMILES string of the molecule is CCN(CC(C)C)C(=O)COc1ccc(C)cc1OC. The molecular formula is C16H25NO3. The lowest BCUT2D eigenvalue weighted by Crippen LogP contribution is -2.37. The Balaban J connectivity index is 2.64. The van der Waals surface area contributed by atoms with E-state index in [1.165, 1.54) is 0 Å². The Kier molecular flexibility index (Phi) is 6.36. The Bertz CT molecular complexity index is 443. The third kappa shape index (κ3) is 4.76. The second-order valence-corrected chi connectivity index (χ2v) is 5.27. The maximum Gasteiger partial charge on any atom is 0.260 e. The molecule has 0 N–H and O–H groups in total. The average Bonchev–Trinajstić information content (AvgIpc) is 2.42. The molecule has 0 aromatic heterocycles. The first-order valence-corrected chi connectivity index (χ1v) is 7.03. The third-order valence-electron chi connectivity index (χ3n) is 2.99. The summed E-state index contributed by atoms with van der Waals surface area (Å²) < 4.78 is 10.9. The summed E-state index contributed by atoms with van der Waals surface area (Å²) in [5.74, 6) is 1.72. The van der Waals surface area contributed by atoms with Crippen molar-refractivity contribution in [2.75, 3.05) is 26.8 Å². The number of hydrogen-bond acceptors (Lipinski definition) is 3. The molecule has 1 rings (SSSR count). The van der Waals surface area contributed by atoms with Gasteiger partial charge in [0.15, 0.2) is 18.1 Å². The van der Waals surface area contributed by atoms with Crippen molar-refractivity contribution in [2.45, 2.75) is 27.7 Å². The van der Waals surface area contributed by atoms with Gasteiger partial charge in [-0.05, 0) is 37.5 Å². The van der Waals surface area contributed by atoms with Gasteiger partial charge >= 0.3 is 0 Å². The minimum absolute atomic E-state index is 0.00354. The molecule has 0 bridgehead atoms. The summed E-state index contributed by atoms with van der Waals surface area (Å²) in [6.45, 7) is 9.65. The minimum atomic E-state index is 0.00354. The molecule has 0 aliphatic heterocycles. The van der Waals surface area contributed by atoms with Gasteiger partial charge in [0.05, 0.1) is 7.11 Å². The molecule has 112 valence electrons. The molecule has 1 aromatic carbocycles. The van der Waals surface area contributed by atoms with Crippen molar-refractivity contribution in [1.82, 2.24) is 4.90 Å². The van der Waals surface area contributed by atoms with E-state index >= 15 is 0 Å². The quantitative estimate of drug-likeness (QED) is 0.770. The van der Waals surface area contributed by atoms with Gasteiger partial charge in [0.2, 0.25) is 0 Å². The van der Waals surface area contributed by atoms with E-state index in [2.05, 4.69) is 13.8 Å². The molecule has 0 atom stereocenters. The Morgan fingerprint density at radius 2 is 2.00 bits per heavy atom. The van der Waals surface area contributed by atoms with Crippen LogP contribution in [0.15, 0.2) is 18.2 Å². The van der Waals surface area contributed by atoms with E-state index < -0.39 is 0 Å². The van der Waals surface area contributed by atoms with Gasteiger partial charge in [-0.25, -0.2) is 0 Å². The topological polar surface area (TPSA) is 38.8 Å². The molecule has 0 aliphatic carbocycles. The summed E-state index contributed by atoms with van der Waals surface area (Å²) >= 11 is 0. The highest BCUT2D eigenvalue weighted by atomic mass is 16.5. The number of benzene rings is 1. The molecule has 4 nitrogen and oxygen atoms in total. The highest BCUT2D eigenvalue weighted by Gasteiger charge is 2.14. The molecule has 0 spiro atoms. The van der Waals surface area contributed by atoms with Crippen molar-refractivity contribution in [3.8, 4) is 11.5 Å². The van der Waals surface area contributed by atoms with Crippen LogP contribution in [0.4, 0.5) is 0 Å². The van der Waals surface area contributed by atoms with Crippen molar-refractivity contribution in [3.05, 3.63) is 23.8 Å². The summed E-state index contributed by atoms with van der Waals surface area (Å²) in [5, 5.41) is 0. The molecule has 0 saturated carbocycles. The number of carbonyl (C=O) groups excluding carboxylic acids is 1. The third-order valence-corrected chi connectivity index (χ3v) is 2.99. The van der Waals surface area contributed by atoms with Crippen molar-refractivity contribution in [3.63, 3.8) is 0 Å². The van der Waals surface area contributed by atoms with Gasteiger partial charge in [-0.1, -0.05) is 19.9 Å². The van der Waals surface area contributed by atoms with Gasteiger partial charge in [-0.2, -0.15) is 0 Å². The number of hydrogen-bond donors (Lipinski definition) is 0. The van der Waals surface area contributed by atoms with Crippen LogP contribution in [0.25, 0.3) is 0 Å². The summed E-state index contributed by atoms with van der Waals surface area (Å²) in [6, 6.07) is 5.67. The van der Waals surface area contributed by atoms with E-state index in [1.54, 1.807) is 7.11 Å². The van der Waals surface area contributed by atoms with Crippen molar-refractivity contribution in [2.24, 2.45) is 5.92 Å². The van der Waals surface area contributed by atoms with Gasteiger partial charge in [-0.3, -0.25) is 4.79 Å². The molecule has 0 fully saturated rings. The Morgan fingerprint density at radius 3 is 2.55 bits per heavy atom. The van der Waals surface area contributed by atoms with Gasteiger partial charge in [0.25, 0.3) is 5.91 Å². The van der Waals surface area contributed by atoms with Crippen LogP contribution in [0.5, 0.6) is 11.5 Å². The van der Waals surface area contributed by atoms with Crippen LogP contribution in [0.1, 0.15) is 26.3 Å². The van der Waals surface area contributed by atoms with Crippen LogP contribution in [0, 0.1) is 12.8 Å². The number of rotatable bonds is 7.